The summed E-state index contributed by atoms with van der Waals surface area (Å²) in [6.07, 6.45) is 6.34. The van der Waals surface area contributed by atoms with Crippen LogP contribution in [0.3, 0.4) is 0 Å². The number of aromatic hydroxyl groups is 1. The van der Waals surface area contributed by atoms with E-state index in [4.69, 9.17) is 5.73 Å². The van der Waals surface area contributed by atoms with Crippen molar-refractivity contribution in [2.45, 2.75) is 44.2 Å². The summed E-state index contributed by atoms with van der Waals surface area (Å²) in [6, 6.07) is 1.63. The SMILES string of the molecule is NCCC(=O)NC1CCC(NC(=O)c2cncc(O)c2)CC1. The fourth-order valence-electron chi connectivity index (χ4n) is 2.63. The van der Waals surface area contributed by atoms with Crippen molar-refractivity contribution in [3.63, 3.8) is 0 Å². The molecule has 0 aliphatic heterocycles. The number of hydrogen-bond acceptors (Lipinski definition) is 5. The minimum atomic E-state index is -0.237. The Morgan fingerprint density at radius 1 is 1.18 bits per heavy atom. The van der Waals surface area contributed by atoms with Crippen LogP contribution in [0.15, 0.2) is 18.5 Å². The van der Waals surface area contributed by atoms with Crippen LogP contribution in [0.4, 0.5) is 0 Å². The van der Waals surface area contributed by atoms with Crippen molar-refractivity contribution >= 4 is 11.8 Å². The lowest BCUT2D eigenvalue weighted by atomic mass is 9.91. The van der Waals surface area contributed by atoms with Gasteiger partial charge >= 0.3 is 0 Å². The van der Waals surface area contributed by atoms with Gasteiger partial charge in [-0.2, -0.15) is 0 Å². The molecule has 5 N–H and O–H groups in total. The molecule has 0 spiro atoms. The van der Waals surface area contributed by atoms with Crippen molar-refractivity contribution in [2.75, 3.05) is 6.54 Å². The summed E-state index contributed by atoms with van der Waals surface area (Å²) in [5.74, 6) is -0.279. The Balaban J connectivity index is 1.77. The first-order valence-corrected chi connectivity index (χ1v) is 7.53. The number of pyridine rings is 1. The summed E-state index contributed by atoms with van der Waals surface area (Å²) < 4.78 is 0. The normalized spacial score (nSPS) is 21.1. The third-order valence-corrected chi connectivity index (χ3v) is 3.78. The molecule has 1 aliphatic carbocycles. The highest BCUT2D eigenvalue weighted by atomic mass is 16.3. The minimum Gasteiger partial charge on any atom is -0.506 e. The van der Waals surface area contributed by atoms with Gasteiger partial charge in [-0.05, 0) is 31.7 Å². The molecule has 0 saturated heterocycles. The third kappa shape index (κ3) is 4.70. The molecule has 1 fully saturated rings. The van der Waals surface area contributed by atoms with E-state index < -0.39 is 0 Å². The van der Waals surface area contributed by atoms with Gasteiger partial charge in [0.1, 0.15) is 5.75 Å². The lowest BCUT2D eigenvalue weighted by molar-refractivity contribution is -0.121. The summed E-state index contributed by atoms with van der Waals surface area (Å²) >= 11 is 0. The lowest BCUT2D eigenvalue weighted by Gasteiger charge is -2.29. The first-order chi connectivity index (χ1) is 10.6. The Kier molecular flexibility index (Phi) is 5.71. The van der Waals surface area contributed by atoms with Crippen LogP contribution < -0.4 is 16.4 Å². The number of nitrogens with two attached hydrogens (primary N) is 1. The van der Waals surface area contributed by atoms with Crippen molar-refractivity contribution in [1.82, 2.24) is 15.6 Å². The standard InChI is InChI=1S/C15H22N4O3/c16-6-5-14(21)18-11-1-3-12(4-2-11)19-15(22)10-7-13(20)9-17-8-10/h7-9,11-12,20H,1-6,16H2,(H,18,21)(H,19,22). The van der Waals surface area contributed by atoms with Crippen LogP contribution in [-0.2, 0) is 4.79 Å². The van der Waals surface area contributed by atoms with Crippen molar-refractivity contribution < 1.29 is 14.7 Å². The number of rotatable bonds is 5. The number of nitrogens with one attached hydrogen (secondary N) is 2. The van der Waals surface area contributed by atoms with Gasteiger partial charge in [-0.15, -0.1) is 0 Å². The van der Waals surface area contributed by atoms with E-state index in [1.165, 1.54) is 18.5 Å². The number of aromatic nitrogens is 1. The molecule has 0 unspecified atom stereocenters. The first kappa shape index (κ1) is 16.2. The molecule has 7 nitrogen and oxygen atoms in total. The molecule has 2 amide bonds. The maximum absolute atomic E-state index is 12.1. The Bertz CT molecular complexity index is 527. The molecule has 0 atom stereocenters. The van der Waals surface area contributed by atoms with Crippen molar-refractivity contribution in [3.8, 4) is 5.75 Å². The molecule has 0 aromatic carbocycles. The van der Waals surface area contributed by atoms with Gasteiger partial charge in [0, 0.05) is 31.2 Å². The van der Waals surface area contributed by atoms with Crippen LogP contribution in [0.5, 0.6) is 5.75 Å². The number of amides is 2. The summed E-state index contributed by atoms with van der Waals surface area (Å²) in [4.78, 5) is 27.4. The number of carbonyl (C=O) groups excluding carboxylic acids is 2. The second kappa shape index (κ2) is 7.74. The van der Waals surface area contributed by atoms with Crippen LogP contribution >= 0.6 is 0 Å². The molecule has 0 bridgehead atoms. The number of carbonyl (C=O) groups is 2. The van der Waals surface area contributed by atoms with E-state index in [0.29, 0.717) is 18.5 Å². The second-order valence-corrected chi connectivity index (χ2v) is 5.56. The zero-order chi connectivity index (χ0) is 15.9. The summed E-state index contributed by atoms with van der Waals surface area (Å²) in [5, 5.41) is 15.2. The Morgan fingerprint density at radius 3 is 2.41 bits per heavy atom. The van der Waals surface area contributed by atoms with E-state index in [9.17, 15) is 14.7 Å². The Morgan fingerprint density at radius 2 is 1.82 bits per heavy atom. The monoisotopic (exact) mass is 306 g/mol. The van der Waals surface area contributed by atoms with E-state index >= 15 is 0 Å². The van der Waals surface area contributed by atoms with Crippen LogP contribution in [0, 0.1) is 0 Å². The van der Waals surface area contributed by atoms with Gasteiger partial charge in [-0.25, -0.2) is 0 Å². The van der Waals surface area contributed by atoms with E-state index in [2.05, 4.69) is 15.6 Å². The fourth-order valence-corrected chi connectivity index (χ4v) is 2.63. The zero-order valence-electron chi connectivity index (χ0n) is 12.4. The van der Waals surface area contributed by atoms with E-state index in [0.717, 1.165) is 25.7 Å². The maximum atomic E-state index is 12.1. The minimum absolute atomic E-state index is 0.0131. The predicted molar refractivity (Wildman–Crippen MR) is 81.2 cm³/mol. The maximum Gasteiger partial charge on any atom is 0.253 e. The molecule has 1 aromatic heterocycles. The lowest BCUT2D eigenvalue weighted by Crippen LogP contribution is -2.44. The molecule has 0 radical (unpaired) electrons. The second-order valence-electron chi connectivity index (χ2n) is 5.56. The van der Waals surface area contributed by atoms with Crippen LogP contribution in [0.25, 0.3) is 0 Å². The van der Waals surface area contributed by atoms with Crippen LogP contribution in [0.1, 0.15) is 42.5 Å². The number of hydrogen-bond donors (Lipinski definition) is 4. The average molecular weight is 306 g/mol. The molecular weight excluding hydrogens is 284 g/mol. The molecular formula is C15H22N4O3. The highest BCUT2D eigenvalue weighted by molar-refractivity contribution is 5.94. The van der Waals surface area contributed by atoms with Gasteiger partial charge in [-0.1, -0.05) is 0 Å². The first-order valence-electron chi connectivity index (χ1n) is 7.53. The van der Waals surface area contributed by atoms with Crippen molar-refractivity contribution in [2.24, 2.45) is 5.73 Å². The molecule has 120 valence electrons. The highest BCUT2D eigenvalue weighted by Gasteiger charge is 2.23. The summed E-state index contributed by atoms with van der Waals surface area (Å²) in [6.45, 7) is 0.356. The molecule has 7 heteroatoms. The van der Waals surface area contributed by atoms with Crippen molar-refractivity contribution in [1.29, 1.82) is 0 Å². The molecule has 1 aromatic rings. The molecule has 22 heavy (non-hydrogen) atoms. The van der Waals surface area contributed by atoms with E-state index in [1.54, 1.807) is 0 Å². The van der Waals surface area contributed by atoms with E-state index in [1.807, 2.05) is 0 Å². The van der Waals surface area contributed by atoms with Gasteiger partial charge in [0.05, 0.1) is 11.8 Å². The average Bonchev–Trinajstić information content (AvgIpc) is 2.49. The summed E-state index contributed by atoms with van der Waals surface area (Å²) in [7, 11) is 0. The smallest absolute Gasteiger partial charge is 0.253 e. The topological polar surface area (TPSA) is 117 Å². The summed E-state index contributed by atoms with van der Waals surface area (Å²) in [5.41, 5.74) is 5.69. The fraction of sp³-hybridized carbons (Fsp3) is 0.533. The third-order valence-electron chi connectivity index (χ3n) is 3.78. The van der Waals surface area contributed by atoms with Gasteiger partial charge in [-0.3, -0.25) is 14.6 Å². The largest absolute Gasteiger partial charge is 0.506 e. The Hall–Kier alpha value is -2.15. The van der Waals surface area contributed by atoms with Crippen molar-refractivity contribution in [3.05, 3.63) is 24.0 Å². The molecule has 1 saturated carbocycles. The quantitative estimate of drug-likeness (QED) is 0.624. The Labute approximate surface area is 129 Å². The molecule has 1 heterocycles. The van der Waals surface area contributed by atoms with Crippen LogP contribution in [-0.4, -0.2) is 40.5 Å². The van der Waals surface area contributed by atoms with Gasteiger partial charge in [0.25, 0.3) is 5.91 Å². The predicted octanol–water partition coefficient (Wildman–Crippen LogP) is 0.293. The zero-order valence-corrected chi connectivity index (χ0v) is 12.4. The molecule has 2 rings (SSSR count). The van der Waals surface area contributed by atoms with Gasteiger partial charge in [0.2, 0.25) is 5.91 Å². The van der Waals surface area contributed by atoms with Gasteiger partial charge in [0.15, 0.2) is 0 Å². The van der Waals surface area contributed by atoms with E-state index in [-0.39, 0.29) is 29.6 Å². The number of nitrogens with zero attached hydrogens (tertiary/aromatic N) is 1. The highest BCUT2D eigenvalue weighted by Crippen LogP contribution is 2.19. The van der Waals surface area contributed by atoms with Gasteiger partial charge < -0.3 is 21.5 Å². The van der Waals surface area contributed by atoms with Crippen LogP contribution in [0.2, 0.25) is 0 Å². The molecule has 1 aliphatic rings.